The van der Waals surface area contributed by atoms with Crippen LogP contribution in [-0.2, 0) is 23.1 Å². The van der Waals surface area contributed by atoms with Crippen molar-refractivity contribution in [3.05, 3.63) is 70.4 Å². The average molecular weight is 443 g/mol. The quantitative estimate of drug-likeness (QED) is 0.254. The molecule has 9 nitrogen and oxygen atoms in total. The van der Waals surface area contributed by atoms with Crippen LogP contribution in [-0.4, -0.2) is 27.9 Å². The Hall–Kier alpha value is -3.62. The first kappa shape index (κ1) is 22.1. The maximum atomic E-state index is 13.8. The molecule has 1 aromatic carbocycles. The molecule has 2 N–H and O–H groups in total. The fraction of sp³-hybridized carbons (Fsp3) is 0.200. The predicted octanol–water partition coefficient (Wildman–Crippen LogP) is 0.684. The molecule has 3 aromatic rings. The van der Waals surface area contributed by atoms with Crippen LogP contribution in [0.1, 0.15) is 33.9 Å². The molecular formula is C20H18FN5O4S. The highest BCUT2D eigenvalue weighted by Crippen LogP contribution is 2.22. The molecular weight excluding hydrogens is 425 g/mol. The van der Waals surface area contributed by atoms with E-state index in [4.69, 9.17) is 17.0 Å². The second kappa shape index (κ2) is 8.63. The van der Waals surface area contributed by atoms with Crippen molar-refractivity contribution in [1.29, 1.82) is 0 Å². The average Bonchev–Trinajstić information content (AvgIpc) is 2.68. The lowest BCUT2D eigenvalue weighted by Gasteiger charge is -2.15. The van der Waals surface area contributed by atoms with Crippen molar-refractivity contribution in [1.82, 2.24) is 15.0 Å². The third-order valence-corrected chi connectivity index (χ3v) is 5.56. The zero-order valence-corrected chi connectivity index (χ0v) is 17.5. The van der Waals surface area contributed by atoms with E-state index < -0.39 is 15.9 Å². The summed E-state index contributed by atoms with van der Waals surface area (Å²) in [6.07, 6.45) is 9.42. The molecule has 2 heterocycles. The lowest BCUT2D eigenvalue weighted by atomic mass is 10.0. The van der Waals surface area contributed by atoms with E-state index in [0.29, 0.717) is 28.9 Å². The summed E-state index contributed by atoms with van der Waals surface area (Å²) in [6, 6.07) is 3.22. The summed E-state index contributed by atoms with van der Waals surface area (Å²) in [6.45, 7) is 2.97. The number of ether oxygens (including phenoxy) is 1. The van der Waals surface area contributed by atoms with Gasteiger partial charge in [-0.2, -0.15) is 9.37 Å². The van der Waals surface area contributed by atoms with Crippen molar-refractivity contribution in [2.75, 3.05) is 5.84 Å². The number of terminal acetylenes is 1. The lowest BCUT2D eigenvalue weighted by molar-refractivity contribution is -0.656. The first-order chi connectivity index (χ1) is 14.6. The van der Waals surface area contributed by atoms with Crippen LogP contribution in [0, 0.1) is 32.0 Å². The second-order valence-corrected chi connectivity index (χ2v) is 8.05. The Morgan fingerprint density at radius 1 is 1.23 bits per heavy atom. The number of nitrogens with zero attached hydrogens (tertiary/aromatic N) is 4. The molecule has 0 saturated carbocycles. The SMILES string of the molecule is C#Cc1ncc(F)c(OCc2cncc(Cc3cc(C)c(S(=O)(=O)[O-])c(C)c3)[n+]2N)n1. The minimum atomic E-state index is -4.57. The Labute approximate surface area is 178 Å². The highest BCUT2D eigenvalue weighted by molar-refractivity contribution is 7.85. The molecule has 2 aromatic heterocycles. The number of aryl methyl sites for hydroxylation is 2. The lowest BCUT2D eigenvalue weighted by Crippen LogP contribution is -2.52. The van der Waals surface area contributed by atoms with Gasteiger partial charge in [-0.1, -0.05) is 16.8 Å². The highest BCUT2D eigenvalue weighted by atomic mass is 32.2. The monoisotopic (exact) mass is 443 g/mol. The van der Waals surface area contributed by atoms with Crippen molar-refractivity contribution in [2.45, 2.75) is 31.8 Å². The van der Waals surface area contributed by atoms with Crippen LogP contribution < -0.4 is 15.3 Å². The third kappa shape index (κ3) is 4.93. The van der Waals surface area contributed by atoms with Crippen LogP contribution in [0.4, 0.5) is 4.39 Å². The third-order valence-electron chi connectivity index (χ3n) is 4.42. The fourth-order valence-corrected chi connectivity index (χ4v) is 4.07. The van der Waals surface area contributed by atoms with Crippen LogP contribution in [0.5, 0.6) is 5.88 Å². The summed E-state index contributed by atoms with van der Waals surface area (Å²) >= 11 is 0. The molecule has 0 fully saturated rings. The molecule has 3 rings (SSSR count). The van der Waals surface area contributed by atoms with E-state index in [1.54, 1.807) is 26.0 Å². The maximum absolute atomic E-state index is 13.8. The zero-order valence-electron chi connectivity index (χ0n) is 16.7. The number of benzene rings is 1. The van der Waals surface area contributed by atoms with E-state index in [9.17, 15) is 17.4 Å². The largest absolute Gasteiger partial charge is 0.744 e. The normalized spacial score (nSPS) is 11.2. The van der Waals surface area contributed by atoms with E-state index in [2.05, 4.69) is 20.9 Å². The van der Waals surface area contributed by atoms with Gasteiger partial charge < -0.3 is 9.29 Å². The first-order valence-electron chi connectivity index (χ1n) is 8.91. The number of hydrogen-bond donors (Lipinski definition) is 1. The maximum Gasteiger partial charge on any atom is 0.267 e. The minimum absolute atomic E-state index is 0.0156. The minimum Gasteiger partial charge on any atom is -0.744 e. The summed E-state index contributed by atoms with van der Waals surface area (Å²) in [4.78, 5) is 11.3. The molecule has 0 aliphatic rings. The summed E-state index contributed by atoms with van der Waals surface area (Å²) in [5.74, 6) is 7.25. The first-order valence-corrected chi connectivity index (χ1v) is 10.3. The summed E-state index contributed by atoms with van der Waals surface area (Å²) < 4.78 is 54.9. The van der Waals surface area contributed by atoms with Gasteiger partial charge in [0.25, 0.3) is 11.6 Å². The molecule has 0 saturated heterocycles. The molecule has 31 heavy (non-hydrogen) atoms. The van der Waals surface area contributed by atoms with Gasteiger partial charge >= 0.3 is 0 Å². The van der Waals surface area contributed by atoms with E-state index >= 15 is 0 Å². The van der Waals surface area contributed by atoms with Crippen molar-refractivity contribution in [2.24, 2.45) is 0 Å². The van der Waals surface area contributed by atoms with Gasteiger partial charge in [-0.05, 0) is 36.5 Å². The summed E-state index contributed by atoms with van der Waals surface area (Å²) in [7, 11) is -4.57. The van der Waals surface area contributed by atoms with Gasteiger partial charge in [-0.3, -0.25) is 4.98 Å². The molecule has 0 bridgehead atoms. The van der Waals surface area contributed by atoms with Gasteiger partial charge in [0.2, 0.25) is 17.3 Å². The van der Waals surface area contributed by atoms with Crippen molar-refractivity contribution < 1.29 is 26.8 Å². The van der Waals surface area contributed by atoms with E-state index in [1.807, 2.05) is 0 Å². The fourth-order valence-electron chi connectivity index (χ4n) is 3.17. The molecule has 0 amide bonds. The van der Waals surface area contributed by atoms with Crippen LogP contribution in [0.15, 0.2) is 35.6 Å². The van der Waals surface area contributed by atoms with Gasteiger partial charge in [-0.25, -0.2) is 19.2 Å². The molecule has 11 heteroatoms. The molecule has 0 spiro atoms. The van der Waals surface area contributed by atoms with Crippen molar-refractivity contribution >= 4 is 10.1 Å². The number of halogens is 1. The van der Waals surface area contributed by atoms with Gasteiger partial charge in [0.05, 0.1) is 23.7 Å². The number of hydrogen-bond acceptors (Lipinski definition) is 8. The topological polar surface area (TPSA) is 135 Å². The molecule has 0 unspecified atom stereocenters. The molecule has 0 aliphatic heterocycles. The van der Waals surface area contributed by atoms with Gasteiger partial charge in [0, 0.05) is 0 Å². The van der Waals surface area contributed by atoms with Crippen LogP contribution >= 0.6 is 0 Å². The van der Waals surface area contributed by atoms with Crippen molar-refractivity contribution in [3.8, 4) is 18.2 Å². The van der Waals surface area contributed by atoms with Gasteiger partial charge in [-0.15, -0.1) is 6.42 Å². The Kier molecular flexibility index (Phi) is 6.14. The number of aromatic nitrogens is 4. The standard InChI is InChI=1S/C20H18FN5O4S/c1-4-18-24-10-17(21)20(25-18)30-11-16-9-23-8-15(26(16)22)7-14-5-12(2)19(13(3)6-14)31(27,28)29/h1,5-6,8-10H,7,11H2,2-3H3,(H2-,22,23,27,28,29). The van der Waals surface area contributed by atoms with Gasteiger partial charge in [0.15, 0.2) is 6.61 Å². The summed E-state index contributed by atoms with van der Waals surface area (Å²) in [5, 5.41) is 0. The van der Waals surface area contributed by atoms with Crippen molar-refractivity contribution in [3.63, 3.8) is 0 Å². The zero-order chi connectivity index (χ0) is 22.8. The predicted molar refractivity (Wildman–Crippen MR) is 106 cm³/mol. The number of nitrogens with two attached hydrogens (primary N) is 1. The molecule has 0 radical (unpaired) electrons. The smallest absolute Gasteiger partial charge is 0.267 e. The summed E-state index contributed by atoms with van der Waals surface area (Å²) in [5.41, 5.74) is 2.44. The Balaban J connectivity index is 1.84. The van der Waals surface area contributed by atoms with E-state index in [0.717, 1.165) is 11.8 Å². The van der Waals surface area contributed by atoms with E-state index in [-0.39, 0.29) is 23.2 Å². The second-order valence-electron chi connectivity index (χ2n) is 6.73. The number of rotatable bonds is 6. The molecule has 160 valence electrons. The van der Waals surface area contributed by atoms with Crippen LogP contribution in [0.3, 0.4) is 0 Å². The molecule has 0 aliphatic carbocycles. The Morgan fingerprint density at radius 2 is 1.87 bits per heavy atom. The Bertz CT molecular complexity index is 1280. The van der Waals surface area contributed by atoms with Crippen LogP contribution in [0.25, 0.3) is 0 Å². The number of nitrogen functional groups attached to an aromatic ring is 1. The van der Waals surface area contributed by atoms with Gasteiger partial charge in [0.1, 0.15) is 16.3 Å². The van der Waals surface area contributed by atoms with Crippen LogP contribution in [0.2, 0.25) is 0 Å². The molecule has 0 atom stereocenters. The highest BCUT2D eigenvalue weighted by Gasteiger charge is 2.19. The Morgan fingerprint density at radius 3 is 2.48 bits per heavy atom. The van der Waals surface area contributed by atoms with E-state index in [1.165, 1.54) is 17.1 Å².